The molecule has 20 heavy (non-hydrogen) atoms. The van der Waals surface area contributed by atoms with Gasteiger partial charge in [0.2, 0.25) is 0 Å². The number of benzene rings is 1. The molecule has 1 N–H and O–H groups in total. The number of aryl methyl sites for hydroxylation is 1. The third-order valence-corrected chi connectivity index (χ3v) is 6.12. The van der Waals surface area contributed by atoms with E-state index in [1.54, 1.807) is 7.11 Å². The summed E-state index contributed by atoms with van der Waals surface area (Å²) in [5, 5.41) is 3.82. The number of rotatable bonds is 3. The van der Waals surface area contributed by atoms with Gasteiger partial charge in [0.25, 0.3) is 0 Å². The van der Waals surface area contributed by atoms with Crippen LogP contribution in [0.1, 0.15) is 37.7 Å². The van der Waals surface area contributed by atoms with E-state index in [1.807, 2.05) is 0 Å². The van der Waals surface area contributed by atoms with Crippen LogP contribution in [0.2, 0.25) is 0 Å². The van der Waals surface area contributed by atoms with Crippen LogP contribution in [-0.4, -0.2) is 13.2 Å². The second kappa shape index (κ2) is 4.68. The van der Waals surface area contributed by atoms with Gasteiger partial charge in [-0.15, -0.1) is 0 Å². The maximum atomic E-state index is 5.51. The Morgan fingerprint density at radius 1 is 1.10 bits per heavy atom. The molecule has 5 atom stereocenters. The Labute approximate surface area is 121 Å². The molecule has 4 rings (SSSR count). The Morgan fingerprint density at radius 3 is 2.80 bits per heavy atom. The first-order valence-corrected chi connectivity index (χ1v) is 8.17. The van der Waals surface area contributed by atoms with Crippen molar-refractivity contribution in [3.63, 3.8) is 0 Å². The highest BCUT2D eigenvalue weighted by molar-refractivity contribution is 5.58. The molecule has 3 aliphatic carbocycles. The quantitative estimate of drug-likeness (QED) is 0.888. The molecule has 0 aliphatic heterocycles. The van der Waals surface area contributed by atoms with E-state index in [1.165, 1.54) is 43.4 Å². The fraction of sp³-hybridized carbons (Fsp3) is 0.667. The number of anilines is 1. The molecule has 108 valence electrons. The second-order valence-electron chi connectivity index (χ2n) is 7.11. The van der Waals surface area contributed by atoms with Crippen LogP contribution in [0.4, 0.5) is 5.69 Å². The minimum Gasteiger partial charge on any atom is -0.495 e. The van der Waals surface area contributed by atoms with Crippen LogP contribution in [0.3, 0.4) is 0 Å². The molecule has 1 aromatic rings. The van der Waals surface area contributed by atoms with Crippen molar-refractivity contribution >= 4 is 5.69 Å². The summed E-state index contributed by atoms with van der Waals surface area (Å²) < 4.78 is 5.51. The standard InChI is InChI=1S/C18H25NO/c1-11-6-7-18(20-2)17(8-11)19-16-10-12-9-15(16)14-5-3-4-13(12)14/h6-8,12-16,19H,3-5,9-10H2,1-2H3. The smallest absolute Gasteiger partial charge is 0.141 e. The van der Waals surface area contributed by atoms with Crippen LogP contribution in [-0.2, 0) is 0 Å². The van der Waals surface area contributed by atoms with Crippen LogP contribution in [0.25, 0.3) is 0 Å². The average Bonchev–Trinajstić information content (AvgIpc) is 3.10. The molecule has 2 bridgehead atoms. The number of nitrogens with one attached hydrogen (secondary N) is 1. The van der Waals surface area contributed by atoms with E-state index in [2.05, 4.69) is 30.4 Å². The van der Waals surface area contributed by atoms with Gasteiger partial charge in [-0.25, -0.2) is 0 Å². The summed E-state index contributed by atoms with van der Waals surface area (Å²) in [7, 11) is 1.77. The first kappa shape index (κ1) is 12.6. The summed E-state index contributed by atoms with van der Waals surface area (Å²) >= 11 is 0. The van der Waals surface area contributed by atoms with E-state index in [0.717, 1.165) is 29.4 Å². The van der Waals surface area contributed by atoms with E-state index >= 15 is 0 Å². The van der Waals surface area contributed by atoms with E-state index < -0.39 is 0 Å². The number of hydrogen-bond acceptors (Lipinski definition) is 2. The zero-order valence-corrected chi connectivity index (χ0v) is 12.6. The molecule has 3 aliphatic rings. The molecule has 5 unspecified atom stereocenters. The van der Waals surface area contributed by atoms with Gasteiger partial charge >= 0.3 is 0 Å². The Bertz CT molecular complexity index is 512. The minimum atomic E-state index is 0.676. The van der Waals surface area contributed by atoms with E-state index in [0.29, 0.717) is 6.04 Å². The molecular formula is C18H25NO. The van der Waals surface area contributed by atoms with Gasteiger partial charge in [0.15, 0.2) is 0 Å². The maximum absolute atomic E-state index is 5.51. The van der Waals surface area contributed by atoms with Crippen LogP contribution in [0.15, 0.2) is 18.2 Å². The summed E-state index contributed by atoms with van der Waals surface area (Å²) in [6, 6.07) is 7.12. The topological polar surface area (TPSA) is 21.3 Å². The fourth-order valence-electron chi connectivity index (χ4n) is 5.37. The van der Waals surface area contributed by atoms with Gasteiger partial charge in [-0.05, 0) is 74.0 Å². The lowest BCUT2D eigenvalue weighted by molar-refractivity contribution is 0.243. The minimum absolute atomic E-state index is 0.676. The largest absolute Gasteiger partial charge is 0.495 e. The lowest BCUT2D eigenvalue weighted by Gasteiger charge is -2.33. The SMILES string of the molecule is COc1ccc(C)cc1NC1CC2CC1C1CCCC21. The van der Waals surface area contributed by atoms with Gasteiger partial charge in [0.05, 0.1) is 12.8 Å². The summed E-state index contributed by atoms with van der Waals surface area (Å²) in [5.41, 5.74) is 2.50. The van der Waals surface area contributed by atoms with Crippen molar-refractivity contribution in [2.75, 3.05) is 12.4 Å². The molecule has 3 saturated carbocycles. The second-order valence-corrected chi connectivity index (χ2v) is 7.11. The monoisotopic (exact) mass is 271 g/mol. The van der Waals surface area contributed by atoms with Crippen molar-refractivity contribution in [3.8, 4) is 5.75 Å². The van der Waals surface area contributed by atoms with Crippen LogP contribution in [0.5, 0.6) is 5.75 Å². The first-order chi connectivity index (χ1) is 9.76. The molecule has 3 fully saturated rings. The molecular weight excluding hydrogens is 246 g/mol. The van der Waals surface area contributed by atoms with Gasteiger partial charge in [-0.3, -0.25) is 0 Å². The Hall–Kier alpha value is -1.18. The lowest BCUT2D eigenvalue weighted by Crippen LogP contribution is -2.34. The van der Waals surface area contributed by atoms with Crippen LogP contribution < -0.4 is 10.1 Å². The third kappa shape index (κ3) is 1.84. The van der Waals surface area contributed by atoms with Crippen molar-refractivity contribution in [2.45, 2.75) is 45.1 Å². The van der Waals surface area contributed by atoms with Crippen molar-refractivity contribution in [1.82, 2.24) is 0 Å². The molecule has 0 aromatic heterocycles. The first-order valence-electron chi connectivity index (χ1n) is 8.17. The number of fused-ring (bicyclic) bond motifs is 5. The van der Waals surface area contributed by atoms with Crippen LogP contribution in [0, 0.1) is 30.6 Å². The molecule has 0 spiro atoms. The summed E-state index contributed by atoms with van der Waals surface area (Å²) in [6.45, 7) is 2.15. The fourth-order valence-corrected chi connectivity index (χ4v) is 5.37. The molecule has 2 nitrogen and oxygen atoms in total. The number of hydrogen-bond donors (Lipinski definition) is 1. The highest BCUT2D eigenvalue weighted by Gasteiger charge is 2.53. The van der Waals surface area contributed by atoms with Gasteiger partial charge < -0.3 is 10.1 Å². The normalized spacial score (nSPS) is 38.0. The van der Waals surface area contributed by atoms with Gasteiger partial charge in [-0.1, -0.05) is 12.5 Å². The highest BCUT2D eigenvalue weighted by Crippen LogP contribution is 2.59. The number of methoxy groups -OCH3 is 1. The maximum Gasteiger partial charge on any atom is 0.141 e. The molecule has 0 amide bonds. The molecule has 2 heteroatoms. The predicted octanol–water partition coefficient (Wildman–Crippen LogP) is 4.24. The lowest BCUT2D eigenvalue weighted by atomic mass is 9.79. The molecule has 0 saturated heterocycles. The summed E-state index contributed by atoms with van der Waals surface area (Å²) in [6.07, 6.45) is 7.31. The van der Waals surface area contributed by atoms with Crippen molar-refractivity contribution in [3.05, 3.63) is 23.8 Å². The van der Waals surface area contributed by atoms with Gasteiger partial charge in [0.1, 0.15) is 5.75 Å². The Balaban J connectivity index is 1.54. The summed E-state index contributed by atoms with van der Waals surface area (Å²) in [4.78, 5) is 0. The van der Waals surface area contributed by atoms with Crippen molar-refractivity contribution in [1.29, 1.82) is 0 Å². The van der Waals surface area contributed by atoms with E-state index in [-0.39, 0.29) is 0 Å². The van der Waals surface area contributed by atoms with Crippen molar-refractivity contribution < 1.29 is 4.74 Å². The average molecular weight is 271 g/mol. The zero-order valence-electron chi connectivity index (χ0n) is 12.6. The molecule has 1 aromatic carbocycles. The van der Waals surface area contributed by atoms with Crippen LogP contribution >= 0.6 is 0 Å². The van der Waals surface area contributed by atoms with E-state index in [9.17, 15) is 0 Å². The zero-order chi connectivity index (χ0) is 13.7. The van der Waals surface area contributed by atoms with E-state index in [4.69, 9.17) is 4.74 Å². The number of ether oxygens (including phenoxy) is 1. The Morgan fingerprint density at radius 2 is 1.95 bits per heavy atom. The molecule has 0 radical (unpaired) electrons. The summed E-state index contributed by atoms with van der Waals surface area (Å²) in [5.74, 6) is 4.99. The highest BCUT2D eigenvalue weighted by atomic mass is 16.5. The van der Waals surface area contributed by atoms with Crippen molar-refractivity contribution in [2.24, 2.45) is 23.7 Å². The van der Waals surface area contributed by atoms with Gasteiger partial charge in [-0.2, -0.15) is 0 Å². The third-order valence-electron chi connectivity index (χ3n) is 6.12. The molecule has 0 heterocycles. The van der Waals surface area contributed by atoms with Gasteiger partial charge in [0, 0.05) is 6.04 Å². The predicted molar refractivity (Wildman–Crippen MR) is 82.2 cm³/mol. The Kier molecular flexibility index (Phi) is 2.94.